The van der Waals surface area contributed by atoms with Crippen LogP contribution in [0.5, 0.6) is 0 Å². The van der Waals surface area contributed by atoms with Gasteiger partial charge in [-0.05, 0) is 26.7 Å². The molecule has 0 saturated heterocycles. The first-order valence-electron chi connectivity index (χ1n) is 6.19. The zero-order valence-electron chi connectivity index (χ0n) is 11.5. The predicted molar refractivity (Wildman–Crippen MR) is 70.7 cm³/mol. The van der Waals surface area contributed by atoms with Crippen molar-refractivity contribution < 1.29 is 24.5 Å². The summed E-state index contributed by atoms with van der Waals surface area (Å²) in [6.45, 7) is 6.88. The molecule has 0 bridgehead atoms. The molecule has 0 aliphatic heterocycles. The number of aliphatic hydroxyl groups is 1. The second-order valence-electron chi connectivity index (χ2n) is 4.92. The number of amides is 1. The standard InChI is InChI=1S/C13H23NO5/c1-4-5-6-11(15)14-10(12(16)17)9-19-8-7-13(2,3)18/h4,10,18H,1,5-9H2,2-3H3,(H,14,15)(H,16,17). The number of carbonyl (C=O) groups excluding carboxylic acids is 1. The van der Waals surface area contributed by atoms with Crippen molar-refractivity contribution in [2.75, 3.05) is 13.2 Å². The molecule has 0 aliphatic rings. The van der Waals surface area contributed by atoms with Gasteiger partial charge in [-0.3, -0.25) is 4.79 Å². The fourth-order valence-corrected chi connectivity index (χ4v) is 1.20. The Morgan fingerprint density at radius 2 is 2.11 bits per heavy atom. The Bertz CT molecular complexity index is 309. The number of nitrogens with one attached hydrogen (secondary N) is 1. The SMILES string of the molecule is C=CCCC(=O)NC(COCCC(C)(C)O)C(=O)O. The van der Waals surface area contributed by atoms with Crippen LogP contribution >= 0.6 is 0 Å². The summed E-state index contributed by atoms with van der Waals surface area (Å²) in [6, 6.07) is -1.07. The van der Waals surface area contributed by atoms with Gasteiger partial charge in [-0.15, -0.1) is 6.58 Å². The molecule has 0 radical (unpaired) electrons. The maximum Gasteiger partial charge on any atom is 0.328 e. The van der Waals surface area contributed by atoms with Crippen molar-refractivity contribution in [3.05, 3.63) is 12.7 Å². The maximum absolute atomic E-state index is 11.4. The number of ether oxygens (including phenoxy) is 1. The van der Waals surface area contributed by atoms with Gasteiger partial charge in [0, 0.05) is 13.0 Å². The van der Waals surface area contributed by atoms with Gasteiger partial charge >= 0.3 is 5.97 Å². The molecule has 0 saturated carbocycles. The van der Waals surface area contributed by atoms with E-state index in [4.69, 9.17) is 9.84 Å². The molecule has 0 aromatic rings. The summed E-state index contributed by atoms with van der Waals surface area (Å²) < 4.78 is 5.16. The predicted octanol–water partition coefficient (Wildman–Crippen LogP) is 0.700. The van der Waals surface area contributed by atoms with E-state index in [0.717, 1.165) is 0 Å². The number of allylic oxidation sites excluding steroid dienone is 1. The molecule has 0 rings (SSSR count). The van der Waals surface area contributed by atoms with Gasteiger partial charge in [0.05, 0.1) is 12.2 Å². The summed E-state index contributed by atoms with van der Waals surface area (Å²) in [5.41, 5.74) is -0.855. The molecule has 0 aliphatic carbocycles. The number of carbonyl (C=O) groups is 2. The van der Waals surface area contributed by atoms with E-state index < -0.39 is 17.6 Å². The Hall–Kier alpha value is -1.40. The van der Waals surface area contributed by atoms with Crippen LogP contribution < -0.4 is 5.32 Å². The summed E-state index contributed by atoms with van der Waals surface area (Å²) in [4.78, 5) is 22.3. The van der Waals surface area contributed by atoms with Gasteiger partial charge in [0.2, 0.25) is 5.91 Å². The highest BCUT2D eigenvalue weighted by Crippen LogP contribution is 2.06. The lowest BCUT2D eigenvalue weighted by Gasteiger charge is -2.18. The number of aliphatic carboxylic acids is 1. The smallest absolute Gasteiger partial charge is 0.328 e. The number of carboxylic acids is 1. The van der Waals surface area contributed by atoms with Crippen LogP contribution in [0.2, 0.25) is 0 Å². The molecule has 1 unspecified atom stereocenters. The van der Waals surface area contributed by atoms with E-state index in [1.807, 2.05) is 0 Å². The maximum atomic E-state index is 11.4. The molecular formula is C13H23NO5. The highest BCUT2D eigenvalue weighted by atomic mass is 16.5. The number of hydrogen-bond acceptors (Lipinski definition) is 4. The number of carboxylic acid groups (broad SMARTS) is 1. The average molecular weight is 273 g/mol. The van der Waals surface area contributed by atoms with E-state index in [2.05, 4.69) is 11.9 Å². The Balaban J connectivity index is 4.03. The lowest BCUT2D eigenvalue weighted by Crippen LogP contribution is -2.44. The van der Waals surface area contributed by atoms with Gasteiger partial charge in [-0.1, -0.05) is 6.08 Å². The molecule has 1 amide bonds. The average Bonchev–Trinajstić information content (AvgIpc) is 2.28. The van der Waals surface area contributed by atoms with Crippen molar-refractivity contribution in [3.8, 4) is 0 Å². The van der Waals surface area contributed by atoms with Crippen molar-refractivity contribution in [3.63, 3.8) is 0 Å². The minimum Gasteiger partial charge on any atom is -0.480 e. The van der Waals surface area contributed by atoms with E-state index in [9.17, 15) is 14.7 Å². The number of hydrogen-bond donors (Lipinski definition) is 3. The lowest BCUT2D eigenvalue weighted by molar-refractivity contribution is -0.143. The second kappa shape index (κ2) is 8.66. The van der Waals surface area contributed by atoms with Crippen molar-refractivity contribution in [1.29, 1.82) is 0 Å². The van der Waals surface area contributed by atoms with Gasteiger partial charge in [-0.25, -0.2) is 4.79 Å². The van der Waals surface area contributed by atoms with Crippen LogP contribution in [0.4, 0.5) is 0 Å². The van der Waals surface area contributed by atoms with Crippen LogP contribution in [0.3, 0.4) is 0 Å². The third-order valence-electron chi connectivity index (χ3n) is 2.35. The molecule has 0 heterocycles. The minimum absolute atomic E-state index is 0.120. The van der Waals surface area contributed by atoms with Crippen LogP contribution in [0.25, 0.3) is 0 Å². The topological polar surface area (TPSA) is 95.9 Å². The van der Waals surface area contributed by atoms with Gasteiger partial charge in [-0.2, -0.15) is 0 Å². The van der Waals surface area contributed by atoms with Crippen LogP contribution in [-0.4, -0.2) is 46.9 Å². The van der Waals surface area contributed by atoms with E-state index in [-0.39, 0.29) is 25.5 Å². The van der Waals surface area contributed by atoms with Crippen LogP contribution in [-0.2, 0) is 14.3 Å². The molecule has 6 heteroatoms. The molecule has 0 aromatic heterocycles. The van der Waals surface area contributed by atoms with Gasteiger partial charge in [0.1, 0.15) is 0 Å². The van der Waals surface area contributed by atoms with E-state index in [0.29, 0.717) is 12.8 Å². The quantitative estimate of drug-likeness (QED) is 0.402. The molecule has 1 atom stereocenters. The molecule has 3 N–H and O–H groups in total. The highest BCUT2D eigenvalue weighted by Gasteiger charge is 2.20. The van der Waals surface area contributed by atoms with Crippen LogP contribution in [0.15, 0.2) is 12.7 Å². The molecule has 110 valence electrons. The molecular weight excluding hydrogens is 250 g/mol. The Kier molecular flexibility index (Phi) is 8.02. The molecule has 19 heavy (non-hydrogen) atoms. The van der Waals surface area contributed by atoms with Gasteiger partial charge < -0.3 is 20.3 Å². The molecule has 0 fully saturated rings. The Morgan fingerprint density at radius 1 is 1.47 bits per heavy atom. The van der Waals surface area contributed by atoms with Crippen molar-refractivity contribution in [2.45, 2.75) is 44.8 Å². The largest absolute Gasteiger partial charge is 0.480 e. The Labute approximate surface area is 113 Å². The molecule has 6 nitrogen and oxygen atoms in total. The summed E-state index contributed by atoms with van der Waals surface area (Å²) in [7, 11) is 0. The van der Waals surface area contributed by atoms with Crippen molar-refractivity contribution in [2.24, 2.45) is 0 Å². The zero-order valence-corrected chi connectivity index (χ0v) is 11.5. The first-order chi connectivity index (χ1) is 8.76. The lowest BCUT2D eigenvalue weighted by atomic mass is 10.1. The highest BCUT2D eigenvalue weighted by molar-refractivity contribution is 5.83. The summed E-state index contributed by atoms with van der Waals surface area (Å²) in [6.07, 6.45) is 2.69. The normalized spacial score (nSPS) is 12.8. The molecule has 0 aromatic carbocycles. The minimum atomic E-state index is -1.14. The van der Waals surface area contributed by atoms with E-state index in [1.54, 1.807) is 19.9 Å². The fraction of sp³-hybridized carbons (Fsp3) is 0.692. The summed E-state index contributed by atoms with van der Waals surface area (Å²) in [5.74, 6) is -1.49. The van der Waals surface area contributed by atoms with Crippen molar-refractivity contribution >= 4 is 11.9 Å². The van der Waals surface area contributed by atoms with Crippen LogP contribution in [0, 0.1) is 0 Å². The zero-order chi connectivity index (χ0) is 14.9. The third kappa shape index (κ3) is 10.2. The third-order valence-corrected chi connectivity index (χ3v) is 2.35. The van der Waals surface area contributed by atoms with E-state index >= 15 is 0 Å². The summed E-state index contributed by atoms with van der Waals surface area (Å²) in [5, 5.41) is 20.8. The molecule has 0 spiro atoms. The first-order valence-corrected chi connectivity index (χ1v) is 6.19. The van der Waals surface area contributed by atoms with Gasteiger partial charge in [0.15, 0.2) is 6.04 Å². The van der Waals surface area contributed by atoms with E-state index in [1.165, 1.54) is 0 Å². The second-order valence-corrected chi connectivity index (χ2v) is 4.92. The first kappa shape index (κ1) is 17.6. The summed E-state index contributed by atoms with van der Waals surface area (Å²) >= 11 is 0. The van der Waals surface area contributed by atoms with Crippen LogP contribution in [0.1, 0.15) is 33.1 Å². The van der Waals surface area contributed by atoms with Crippen molar-refractivity contribution in [1.82, 2.24) is 5.32 Å². The van der Waals surface area contributed by atoms with Gasteiger partial charge in [0.25, 0.3) is 0 Å². The number of rotatable bonds is 10. The monoisotopic (exact) mass is 273 g/mol. The Morgan fingerprint density at radius 3 is 2.58 bits per heavy atom. The fourth-order valence-electron chi connectivity index (χ4n) is 1.20.